The highest BCUT2D eigenvalue weighted by atomic mass is 35.5. The van der Waals surface area contributed by atoms with Crippen LogP contribution in [0.5, 0.6) is 0 Å². The van der Waals surface area contributed by atoms with Crippen LogP contribution in [-0.4, -0.2) is 25.4 Å². The van der Waals surface area contributed by atoms with Gasteiger partial charge in [0, 0.05) is 13.2 Å². The molecule has 1 rings (SSSR count). The van der Waals surface area contributed by atoms with E-state index < -0.39 is 5.67 Å². The first-order valence-electron chi connectivity index (χ1n) is 3.24. The van der Waals surface area contributed by atoms with Crippen LogP contribution in [0.1, 0.15) is 12.8 Å². The summed E-state index contributed by atoms with van der Waals surface area (Å²) < 4.78 is 18.0. The maximum atomic E-state index is 13.1. The third-order valence-electron chi connectivity index (χ3n) is 1.64. The van der Waals surface area contributed by atoms with E-state index in [-0.39, 0.29) is 25.6 Å². The van der Waals surface area contributed by atoms with Gasteiger partial charge in [0.1, 0.15) is 5.67 Å². The van der Waals surface area contributed by atoms with Gasteiger partial charge in [-0.3, -0.25) is 0 Å². The summed E-state index contributed by atoms with van der Waals surface area (Å²) >= 11 is 0. The molecule has 0 saturated carbocycles. The van der Waals surface area contributed by atoms with Crippen molar-refractivity contribution in [1.29, 1.82) is 0 Å². The van der Waals surface area contributed by atoms with Gasteiger partial charge in [-0.25, -0.2) is 4.39 Å². The van der Waals surface area contributed by atoms with Gasteiger partial charge in [0.15, 0.2) is 0 Å². The maximum Gasteiger partial charge on any atom is 0.146 e. The predicted octanol–water partition coefficient (Wildman–Crippen LogP) is 0.886. The number of alkyl halides is 1. The Kier molecular flexibility index (Phi) is 4.17. The van der Waals surface area contributed by atoms with Crippen LogP contribution < -0.4 is 5.73 Å². The molecule has 0 spiro atoms. The first kappa shape index (κ1) is 10.1. The lowest BCUT2D eigenvalue weighted by Gasteiger charge is -2.27. The van der Waals surface area contributed by atoms with Crippen LogP contribution in [0.15, 0.2) is 0 Å². The van der Waals surface area contributed by atoms with E-state index in [0.717, 1.165) is 6.42 Å². The first-order chi connectivity index (χ1) is 4.27. The molecule has 4 heteroatoms. The lowest BCUT2D eigenvalue weighted by atomic mass is 9.99. The van der Waals surface area contributed by atoms with Crippen LogP contribution >= 0.6 is 12.4 Å². The molecule has 1 saturated heterocycles. The number of halogens is 2. The van der Waals surface area contributed by atoms with Crippen LogP contribution in [0, 0.1) is 0 Å². The number of nitrogens with two attached hydrogens (primary N) is 1. The van der Waals surface area contributed by atoms with Gasteiger partial charge < -0.3 is 10.5 Å². The fourth-order valence-corrected chi connectivity index (χ4v) is 0.979. The minimum Gasteiger partial charge on any atom is -0.378 e. The quantitative estimate of drug-likeness (QED) is 0.633. The second-order valence-electron chi connectivity index (χ2n) is 2.51. The van der Waals surface area contributed by atoms with Gasteiger partial charge in [-0.2, -0.15) is 0 Å². The van der Waals surface area contributed by atoms with Crippen molar-refractivity contribution < 1.29 is 9.13 Å². The molecular formula is C6H13ClFNO. The normalized spacial score (nSPS) is 33.0. The highest BCUT2D eigenvalue weighted by Gasteiger charge is 2.30. The topological polar surface area (TPSA) is 35.2 Å². The Morgan fingerprint density at radius 3 is 2.60 bits per heavy atom. The third-order valence-corrected chi connectivity index (χ3v) is 1.64. The smallest absolute Gasteiger partial charge is 0.146 e. The molecular weight excluding hydrogens is 157 g/mol. The molecule has 0 radical (unpaired) electrons. The van der Waals surface area contributed by atoms with Crippen molar-refractivity contribution >= 4 is 12.4 Å². The zero-order chi connectivity index (χ0) is 6.74. The molecule has 1 atom stereocenters. The first-order valence-corrected chi connectivity index (χ1v) is 3.24. The molecule has 0 amide bonds. The number of ether oxygens (including phenoxy) is 1. The number of rotatable bonds is 1. The van der Waals surface area contributed by atoms with Gasteiger partial charge in [-0.1, -0.05) is 0 Å². The van der Waals surface area contributed by atoms with Crippen LogP contribution in [0.4, 0.5) is 4.39 Å². The summed E-state index contributed by atoms with van der Waals surface area (Å²) in [6.45, 7) is 0.960. The Labute approximate surface area is 66.3 Å². The largest absolute Gasteiger partial charge is 0.378 e. The molecule has 0 aliphatic carbocycles. The molecule has 0 bridgehead atoms. The van der Waals surface area contributed by atoms with Crippen LogP contribution in [0.25, 0.3) is 0 Å². The fraction of sp³-hybridized carbons (Fsp3) is 1.00. The van der Waals surface area contributed by atoms with Crippen LogP contribution in [0.3, 0.4) is 0 Å². The minimum absolute atomic E-state index is 0. The Bertz CT molecular complexity index is 95.7. The Morgan fingerprint density at radius 2 is 2.30 bits per heavy atom. The molecule has 2 nitrogen and oxygen atoms in total. The minimum atomic E-state index is -1.22. The van der Waals surface area contributed by atoms with Crippen molar-refractivity contribution in [2.45, 2.75) is 18.5 Å². The van der Waals surface area contributed by atoms with Crippen molar-refractivity contribution in [3.63, 3.8) is 0 Å². The summed E-state index contributed by atoms with van der Waals surface area (Å²) in [6.07, 6.45) is 1.36. The number of hydrogen-bond donors (Lipinski definition) is 1. The lowest BCUT2D eigenvalue weighted by Crippen LogP contribution is -2.41. The van der Waals surface area contributed by atoms with E-state index in [1.807, 2.05) is 0 Å². The zero-order valence-electron chi connectivity index (χ0n) is 5.81. The van der Waals surface area contributed by atoms with Crippen molar-refractivity contribution in [2.75, 3.05) is 19.8 Å². The summed E-state index contributed by atoms with van der Waals surface area (Å²) in [5, 5.41) is 0. The molecule has 10 heavy (non-hydrogen) atoms. The second-order valence-corrected chi connectivity index (χ2v) is 2.51. The van der Waals surface area contributed by atoms with E-state index in [1.165, 1.54) is 0 Å². The monoisotopic (exact) mass is 169 g/mol. The van der Waals surface area contributed by atoms with Gasteiger partial charge in [0.05, 0.1) is 6.61 Å². The van der Waals surface area contributed by atoms with E-state index in [1.54, 1.807) is 0 Å². The van der Waals surface area contributed by atoms with Crippen molar-refractivity contribution in [1.82, 2.24) is 0 Å². The molecule has 1 fully saturated rings. The summed E-state index contributed by atoms with van der Waals surface area (Å²) in [5.74, 6) is 0. The Balaban J connectivity index is 0.000000810. The molecule has 1 aliphatic rings. The Hall–Kier alpha value is 0.140. The molecule has 2 N–H and O–H groups in total. The van der Waals surface area contributed by atoms with Gasteiger partial charge in [-0.05, 0) is 12.8 Å². The Morgan fingerprint density at radius 1 is 1.60 bits per heavy atom. The predicted molar refractivity (Wildman–Crippen MR) is 40.2 cm³/mol. The van der Waals surface area contributed by atoms with Crippen molar-refractivity contribution in [2.24, 2.45) is 5.73 Å². The second kappa shape index (κ2) is 4.11. The molecule has 1 heterocycles. The molecule has 0 aromatic heterocycles. The van der Waals surface area contributed by atoms with E-state index in [2.05, 4.69) is 0 Å². The zero-order valence-corrected chi connectivity index (χ0v) is 6.62. The maximum absolute atomic E-state index is 13.1. The SMILES string of the molecule is Cl.NC[C@@]1(F)CCCOC1. The standard InChI is InChI=1S/C6H12FNO.ClH/c7-6(4-8)2-1-3-9-5-6;/h1-5,8H2;1H/t6-;/m0./s1. The van der Waals surface area contributed by atoms with E-state index in [0.29, 0.717) is 13.0 Å². The summed E-state index contributed by atoms with van der Waals surface area (Å²) in [4.78, 5) is 0. The van der Waals surface area contributed by atoms with Crippen LogP contribution in [-0.2, 0) is 4.74 Å². The van der Waals surface area contributed by atoms with Gasteiger partial charge in [-0.15, -0.1) is 12.4 Å². The highest BCUT2D eigenvalue weighted by molar-refractivity contribution is 5.85. The average Bonchev–Trinajstić information content (AvgIpc) is 1.90. The van der Waals surface area contributed by atoms with Crippen LogP contribution in [0.2, 0.25) is 0 Å². The van der Waals surface area contributed by atoms with Gasteiger partial charge in [0.2, 0.25) is 0 Å². The third kappa shape index (κ3) is 2.40. The molecule has 0 aromatic carbocycles. The molecule has 0 aromatic rings. The van der Waals surface area contributed by atoms with E-state index >= 15 is 0 Å². The molecule has 62 valence electrons. The van der Waals surface area contributed by atoms with Crippen molar-refractivity contribution in [3.8, 4) is 0 Å². The summed E-state index contributed by atoms with van der Waals surface area (Å²) in [5.41, 5.74) is 3.96. The van der Waals surface area contributed by atoms with E-state index in [4.69, 9.17) is 10.5 Å². The summed E-state index contributed by atoms with van der Waals surface area (Å²) in [6, 6.07) is 0. The average molecular weight is 170 g/mol. The van der Waals surface area contributed by atoms with Gasteiger partial charge >= 0.3 is 0 Å². The highest BCUT2D eigenvalue weighted by Crippen LogP contribution is 2.21. The lowest BCUT2D eigenvalue weighted by molar-refractivity contribution is -0.0256. The van der Waals surface area contributed by atoms with Crippen molar-refractivity contribution in [3.05, 3.63) is 0 Å². The summed E-state index contributed by atoms with van der Waals surface area (Å²) in [7, 11) is 0. The fourth-order valence-electron chi connectivity index (χ4n) is 0.979. The van der Waals surface area contributed by atoms with E-state index in [9.17, 15) is 4.39 Å². The molecule has 0 unspecified atom stereocenters. The number of hydrogen-bond acceptors (Lipinski definition) is 2. The van der Waals surface area contributed by atoms with Gasteiger partial charge in [0.25, 0.3) is 0 Å². The molecule has 1 aliphatic heterocycles.